The summed E-state index contributed by atoms with van der Waals surface area (Å²) in [5.74, 6) is 0.281. The Hall–Kier alpha value is -1.26. The Balaban J connectivity index is 2.17. The molecule has 0 atom stereocenters. The van der Waals surface area contributed by atoms with Crippen LogP contribution in [-0.2, 0) is 6.42 Å². The van der Waals surface area contributed by atoms with E-state index in [4.69, 9.17) is 11.6 Å². The first-order valence-electron chi connectivity index (χ1n) is 5.68. The van der Waals surface area contributed by atoms with Crippen LogP contribution >= 0.6 is 23.1 Å². The number of ketones is 1. The molecule has 0 spiro atoms. The van der Waals surface area contributed by atoms with E-state index in [1.54, 1.807) is 12.1 Å². The van der Waals surface area contributed by atoms with Crippen molar-refractivity contribution in [3.8, 4) is 0 Å². The summed E-state index contributed by atoms with van der Waals surface area (Å²) in [4.78, 5) is 12.8. The first kappa shape index (κ1) is 13.2. The molecule has 3 nitrogen and oxygen atoms in total. The van der Waals surface area contributed by atoms with Gasteiger partial charge in [-0.25, -0.2) is 0 Å². The average Bonchev–Trinajstić information content (AvgIpc) is 2.81. The van der Waals surface area contributed by atoms with E-state index in [1.807, 2.05) is 26.0 Å². The molecule has 94 valence electrons. The fourth-order valence-corrected chi connectivity index (χ4v) is 2.52. The Kier molecular flexibility index (Phi) is 4.09. The smallest absolute Gasteiger partial charge is 0.180 e. The van der Waals surface area contributed by atoms with Gasteiger partial charge in [0.05, 0.1) is 5.69 Å². The van der Waals surface area contributed by atoms with Crippen LogP contribution in [0.2, 0.25) is 5.02 Å². The van der Waals surface area contributed by atoms with Gasteiger partial charge in [-0.3, -0.25) is 4.79 Å². The van der Waals surface area contributed by atoms with Crippen LogP contribution in [0.5, 0.6) is 0 Å². The van der Waals surface area contributed by atoms with Crippen LogP contribution in [0.15, 0.2) is 24.3 Å². The van der Waals surface area contributed by atoms with Crippen LogP contribution < -0.4 is 0 Å². The summed E-state index contributed by atoms with van der Waals surface area (Å²) in [6.45, 7) is 4.02. The predicted octanol–water partition coefficient (Wildman–Crippen LogP) is 3.74. The highest BCUT2D eigenvalue weighted by molar-refractivity contribution is 7.08. The Morgan fingerprint density at radius 2 is 2.00 bits per heavy atom. The maximum Gasteiger partial charge on any atom is 0.180 e. The summed E-state index contributed by atoms with van der Waals surface area (Å²) >= 11 is 6.98. The minimum absolute atomic E-state index is 0.0658. The fraction of sp³-hybridized carbons (Fsp3) is 0.308. The number of rotatable bonds is 4. The second-order valence-electron chi connectivity index (χ2n) is 4.37. The topological polar surface area (TPSA) is 42.9 Å². The van der Waals surface area contributed by atoms with Gasteiger partial charge in [-0.1, -0.05) is 42.1 Å². The normalized spacial score (nSPS) is 10.9. The molecule has 0 aliphatic heterocycles. The Morgan fingerprint density at radius 1 is 1.33 bits per heavy atom. The monoisotopic (exact) mass is 280 g/mol. The largest absolute Gasteiger partial charge is 0.293 e. The number of nitrogens with zero attached hydrogens (tertiary/aromatic N) is 2. The zero-order valence-electron chi connectivity index (χ0n) is 10.2. The third-order valence-electron chi connectivity index (χ3n) is 2.59. The molecule has 1 aromatic heterocycles. The highest BCUT2D eigenvalue weighted by Crippen LogP contribution is 2.21. The minimum atomic E-state index is 0.0658. The molecule has 0 saturated heterocycles. The number of carbonyl (C=O) groups is 1. The summed E-state index contributed by atoms with van der Waals surface area (Å²) in [5.41, 5.74) is 1.74. The lowest BCUT2D eigenvalue weighted by molar-refractivity contribution is 0.0995. The van der Waals surface area contributed by atoms with Gasteiger partial charge in [0.15, 0.2) is 5.78 Å². The van der Waals surface area contributed by atoms with Crippen LogP contribution in [-0.4, -0.2) is 15.4 Å². The SMILES string of the molecule is CC(C)c1nnsc1C(=O)Cc1ccc(Cl)cc1. The van der Waals surface area contributed by atoms with E-state index in [2.05, 4.69) is 9.59 Å². The molecule has 0 amide bonds. The van der Waals surface area contributed by atoms with Crippen LogP contribution in [0.3, 0.4) is 0 Å². The lowest BCUT2D eigenvalue weighted by Crippen LogP contribution is -2.05. The molecule has 18 heavy (non-hydrogen) atoms. The van der Waals surface area contributed by atoms with Gasteiger partial charge >= 0.3 is 0 Å². The van der Waals surface area contributed by atoms with Crippen molar-refractivity contribution in [1.82, 2.24) is 9.59 Å². The maximum absolute atomic E-state index is 12.2. The molecule has 0 bridgehead atoms. The molecule has 0 N–H and O–H groups in total. The maximum atomic E-state index is 12.2. The van der Waals surface area contributed by atoms with Crippen molar-refractivity contribution in [3.63, 3.8) is 0 Å². The molecule has 5 heteroatoms. The van der Waals surface area contributed by atoms with E-state index in [1.165, 1.54) is 11.5 Å². The van der Waals surface area contributed by atoms with Crippen LogP contribution in [0.4, 0.5) is 0 Å². The van der Waals surface area contributed by atoms with Gasteiger partial charge < -0.3 is 0 Å². The summed E-state index contributed by atoms with van der Waals surface area (Å²) in [6.07, 6.45) is 0.362. The summed E-state index contributed by atoms with van der Waals surface area (Å²) < 4.78 is 3.87. The first-order valence-corrected chi connectivity index (χ1v) is 6.83. The van der Waals surface area contributed by atoms with Crippen molar-refractivity contribution in [1.29, 1.82) is 0 Å². The summed E-state index contributed by atoms with van der Waals surface area (Å²) in [7, 11) is 0. The van der Waals surface area contributed by atoms with Crippen LogP contribution in [0, 0.1) is 0 Å². The van der Waals surface area contributed by atoms with E-state index >= 15 is 0 Å². The molecular weight excluding hydrogens is 268 g/mol. The Labute approximate surface area is 115 Å². The second kappa shape index (κ2) is 5.59. The number of aromatic nitrogens is 2. The zero-order valence-corrected chi connectivity index (χ0v) is 11.8. The molecule has 0 radical (unpaired) electrons. The van der Waals surface area contributed by atoms with E-state index in [-0.39, 0.29) is 11.7 Å². The van der Waals surface area contributed by atoms with Crippen molar-refractivity contribution >= 4 is 28.9 Å². The number of Topliss-reactive ketones (excluding diaryl/α,β-unsaturated/α-hetero) is 1. The molecule has 1 heterocycles. The van der Waals surface area contributed by atoms with Gasteiger partial charge in [0.2, 0.25) is 0 Å². The van der Waals surface area contributed by atoms with E-state index in [0.717, 1.165) is 11.3 Å². The van der Waals surface area contributed by atoms with Crippen molar-refractivity contribution in [2.45, 2.75) is 26.2 Å². The van der Waals surface area contributed by atoms with Crippen molar-refractivity contribution in [2.24, 2.45) is 0 Å². The predicted molar refractivity (Wildman–Crippen MR) is 73.5 cm³/mol. The molecule has 2 rings (SSSR count). The number of halogens is 1. The fourth-order valence-electron chi connectivity index (χ4n) is 1.64. The highest BCUT2D eigenvalue weighted by atomic mass is 35.5. The van der Waals surface area contributed by atoms with E-state index in [0.29, 0.717) is 16.3 Å². The van der Waals surface area contributed by atoms with Crippen LogP contribution in [0.25, 0.3) is 0 Å². The molecular formula is C13H13ClN2OS. The van der Waals surface area contributed by atoms with Gasteiger partial charge in [0, 0.05) is 11.4 Å². The lowest BCUT2D eigenvalue weighted by Gasteiger charge is -2.03. The van der Waals surface area contributed by atoms with Gasteiger partial charge in [0.25, 0.3) is 0 Å². The zero-order chi connectivity index (χ0) is 13.1. The summed E-state index contributed by atoms with van der Waals surface area (Å²) in [6, 6.07) is 7.31. The van der Waals surface area contributed by atoms with Gasteiger partial charge in [0.1, 0.15) is 4.88 Å². The van der Waals surface area contributed by atoms with Crippen molar-refractivity contribution in [3.05, 3.63) is 45.4 Å². The Bertz CT molecular complexity index is 548. The lowest BCUT2D eigenvalue weighted by atomic mass is 10.0. The van der Waals surface area contributed by atoms with Crippen molar-refractivity contribution < 1.29 is 4.79 Å². The van der Waals surface area contributed by atoms with E-state index in [9.17, 15) is 4.79 Å². The Morgan fingerprint density at radius 3 is 2.61 bits per heavy atom. The van der Waals surface area contributed by atoms with Crippen molar-refractivity contribution in [2.75, 3.05) is 0 Å². The standard InChI is InChI=1S/C13H13ClN2OS/c1-8(2)12-13(18-16-15-12)11(17)7-9-3-5-10(14)6-4-9/h3-6,8H,7H2,1-2H3. The third-order valence-corrected chi connectivity index (χ3v) is 3.63. The van der Waals surface area contributed by atoms with Gasteiger partial charge in [-0.15, -0.1) is 5.10 Å². The molecule has 0 unspecified atom stereocenters. The number of carbonyl (C=O) groups excluding carboxylic acids is 1. The molecule has 0 aliphatic carbocycles. The second-order valence-corrected chi connectivity index (χ2v) is 5.56. The number of hydrogen-bond acceptors (Lipinski definition) is 4. The highest BCUT2D eigenvalue weighted by Gasteiger charge is 2.18. The van der Waals surface area contributed by atoms with Gasteiger partial charge in [-0.05, 0) is 35.1 Å². The van der Waals surface area contributed by atoms with Gasteiger partial charge in [-0.2, -0.15) is 0 Å². The first-order chi connectivity index (χ1) is 8.58. The molecule has 1 aromatic carbocycles. The van der Waals surface area contributed by atoms with Crippen LogP contribution in [0.1, 0.15) is 40.7 Å². The molecule has 0 aliphatic rings. The quantitative estimate of drug-likeness (QED) is 0.801. The molecule has 0 saturated carbocycles. The molecule has 0 fully saturated rings. The third kappa shape index (κ3) is 2.94. The number of hydrogen-bond donors (Lipinski definition) is 0. The minimum Gasteiger partial charge on any atom is -0.293 e. The summed E-state index contributed by atoms with van der Waals surface area (Å²) in [5, 5.41) is 4.69. The number of benzene rings is 1. The van der Waals surface area contributed by atoms with E-state index < -0.39 is 0 Å². The molecule has 2 aromatic rings. The average molecular weight is 281 g/mol.